The van der Waals surface area contributed by atoms with E-state index >= 15 is 0 Å². The number of allylic oxidation sites excluding steroid dienone is 1. The van der Waals surface area contributed by atoms with Crippen molar-refractivity contribution in [2.45, 2.75) is 58.4 Å². The molecule has 1 aliphatic carbocycles. The number of urea groups is 1. The highest BCUT2D eigenvalue weighted by molar-refractivity contribution is 6.33. The number of carbonyl (C=O) groups is 1. The minimum atomic E-state index is -0.250. The number of aryl methyl sites for hydroxylation is 3. The van der Waals surface area contributed by atoms with E-state index in [0.717, 1.165) is 102 Å². The summed E-state index contributed by atoms with van der Waals surface area (Å²) in [7, 11) is 6.14. The molecule has 230 valence electrons. The number of nitrogens with zero attached hydrogens (tertiary/aromatic N) is 6. The molecule has 0 bridgehead atoms. The van der Waals surface area contributed by atoms with E-state index in [4.69, 9.17) is 21.7 Å². The van der Waals surface area contributed by atoms with Crippen LogP contribution in [0.15, 0.2) is 53.3 Å². The summed E-state index contributed by atoms with van der Waals surface area (Å²) in [5, 5.41) is 11.9. The molecule has 9 nitrogen and oxygen atoms in total. The van der Waals surface area contributed by atoms with E-state index in [0.29, 0.717) is 17.0 Å². The van der Waals surface area contributed by atoms with Crippen molar-refractivity contribution in [3.8, 4) is 0 Å². The monoisotopic (exact) mass is 613 g/mol. The summed E-state index contributed by atoms with van der Waals surface area (Å²) in [6.07, 6.45) is 9.19. The van der Waals surface area contributed by atoms with Gasteiger partial charge in [0.25, 0.3) is 0 Å². The van der Waals surface area contributed by atoms with Gasteiger partial charge in [0, 0.05) is 42.2 Å². The number of hydrogen-bond donors (Lipinski definition) is 2. The fourth-order valence-electron chi connectivity index (χ4n) is 6.59. The van der Waals surface area contributed by atoms with Gasteiger partial charge in [0.05, 0.1) is 22.6 Å². The molecule has 0 spiro atoms. The average molecular weight is 614 g/mol. The summed E-state index contributed by atoms with van der Waals surface area (Å²) in [6, 6.07) is 12.7. The maximum atomic E-state index is 14.0. The molecule has 2 aromatic carbocycles. The molecular formula is C34H42ClN8O+. The van der Waals surface area contributed by atoms with Crippen molar-refractivity contribution in [3.63, 3.8) is 0 Å². The minimum Gasteiger partial charge on any atom is -0.371 e. The van der Waals surface area contributed by atoms with Crippen LogP contribution < -0.4 is 15.5 Å². The lowest BCUT2D eigenvalue weighted by Gasteiger charge is -2.36. The van der Waals surface area contributed by atoms with E-state index in [2.05, 4.69) is 77.6 Å². The highest BCUT2D eigenvalue weighted by Gasteiger charge is 2.47. The Labute approximate surface area is 265 Å². The number of rotatable bonds is 7. The van der Waals surface area contributed by atoms with Gasteiger partial charge in [0.2, 0.25) is 5.95 Å². The van der Waals surface area contributed by atoms with Crippen molar-refractivity contribution >= 4 is 52.6 Å². The molecule has 3 aromatic rings. The van der Waals surface area contributed by atoms with E-state index in [1.54, 1.807) is 0 Å². The van der Waals surface area contributed by atoms with Crippen molar-refractivity contribution in [1.82, 2.24) is 14.9 Å². The van der Waals surface area contributed by atoms with Crippen LogP contribution in [0, 0.1) is 0 Å². The number of nitrogens with one attached hydrogen (secondary N) is 2. The van der Waals surface area contributed by atoms with Crippen LogP contribution in [0.25, 0.3) is 5.70 Å². The second-order valence-corrected chi connectivity index (χ2v) is 12.6. The van der Waals surface area contributed by atoms with Crippen molar-refractivity contribution in [3.05, 3.63) is 75.6 Å². The smallest absolute Gasteiger partial charge is 0.371 e. The summed E-state index contributed by atoms with van der Waals surface area (Å²) in [6.45, 7) is 6.22. The number of halogens is 1. The number of fused-ring (bicyclic) bond motifs is 2. The van der Waals surface area contributed by atoms with E-state index in [-0.39, 0.29) is 10.6 Å². The van der Waals surface area contributed by atoms with Gasteiger partial charge < -0.3 is 15.1 Å². The zero-order chi connectivity index (χ0) is 31.0. The molecule has 1 fully saturated rings. The Kier molecular flexibility index (Phi) is 8.46. The normalized spacial score (nSPS) is 19.8. The molecular weight excluding hydrogens is 572 g/mol. The van der Waals surface area contributed by atoms with Crippen LogP contribution in [0.4, 0.5) is 27.8 Å². The molecule has 0 radical (unpaired) electrons. The van der Waals surface area contributed by atoms with Gasteiger partial charge in [-0.05, 0) is 81.9 Å². The zero-order valence-electron chi connectivity index (χ0n) is 26.3. The average Bonchev–Trinajstić information content (AvgIpc) is 3.40. The number of para-hydroxylation sites is 1. The summed E-state index contributed by atoms with van der Waals surface area (Å²) >= 11 is 6.79. The van der Waals surface area contributed by atoms with Gasteiger partial charge in [0.1, 0.15) is 12.7 Å². The fourth-order valence-corrected chi connectivity index (χ4v) is 6.81. The molecule has 2 N–H and O–H groups in total. The lowest BCUT2D eigenvalue weighted by molar-refractivity contribution is -0.756. The molecule has 6 rings (SSSR count). The number of quaternary nitrogens is 1. The van der Waals surface area contributed by atoms with Crippen LogP contribution in [0.5, 0.6) is 0 Å². The van der Waals surface area contributed by atoms with Crippen molar-refractivity contribution in [1.29, 1.82) is 0 Å². The Balaban J connectivity index is 1.24. The van der Waals surface area contributed by atoms with Gasteiger partial charge >= 0.3 is 6.03 Å². The summed E-state index contributed by atoms with van der Waals surface area (Å²) in [4.78, 5) is 28.3. The summed E-state index contributed by atoms with van der Waals surface area (Å²) in [5.74, 6) is 0.433. The first kappa shape index (κ1) is 30.2. The third kappa shape index (κ3) is 5.60. The van der Waals surface area contributed by atoms with Crippen LogP contribution in [-0.2, 0) is 19.3 Å². The van der Waals surface area contributed by atoms with Crippen LogP contribution >= 0.6 is 11.6 Å². The predicted octanol–water partition coefficient (Wildman–Crippen LogP) is 6.86. The van der Waals surface area contributed by atoms with E-state index in [9.17, 15) is 4.79 Å². The van der Waals surface area contributed by atoms with Gasteiger partial charge in [-0.25, -0.2) is 14.8 Å². The van der Waals surface area contributed by atoms with Gasteiger partial charge in [-0.1, -0.05) is 53.3 Å². The number of amides is 2. The Morgan fingerprint density at radius 3 is 2.48 bits per heavy atom. The van der Waals surface area contributed by atoms with Crippen LogP contribution in [-0.4, -0.2) is 72.0 Å². The lowest BCUT2D eigenvalue weighted by atomic mass is 9.94. The van der Waals surface area contributed by atoms with E-state index in [1.807, 2.05) is 31.6 Å². The summed E-state index contributed by atoms with van der Waals surface area (Å²) < 4.78 is -0.250. The molecule has 3 aliphatic rings. The third-order valence-electron chi connectivity index (χ3n) is 9.32. The number of aromatic nitrogens is 2. The number of anilines is 4. The molecule has 1 atom stereocenters. The molecule has 3 heterocycles. The van der Waals surface area contributed by atoms with Crippen LogP contribution in [0.1, 0.15) is 55.5 Å². The number of carbonyl (C=O) groups excluding carboxylic acids is 1. The highest BCUT2D eigenvalue weighted by atomic mass is 35.5. The quantitative estimate of drug-likeness (QED) is 0.283. The first-order valence-corrected chi connectivity index (χ1v) is 16.0. The Morgan fingerprint density at radius 1 is 1.09 bits per heavy atom. The van der Waals surface area contributed by atoms with Crippen molar-refractivity contribution in [2.24, 2.45) is 5.10 Å². The maximum Gasteiger partial charge on any atom is 0.452 e. The van der Waals surface area contributed by atoms with Crippen molar-refractivity contribution in [2.75, 3.05) is 49.8 Å². The van der Waals surface area contributed by atoms with Gasteiger partial charge in [-0.2, -0.15) is 0 Å². The third-order valence-corrected chi connectivity index (χ3v) is 9.63. The molecule has 10 heteroatoms. The minimum absolute atomic E-state index is 0.212. The molecule has 2 aliphatic heterocycles. The predicted molar refractivity (Wildman–Crippen MR) is 180 cm³/mol. The van der Waals surface area contributed by atoms with E-state index < -0.39 is 0 Å². The second-order valence-electron chi connectivity index (χ2n) is 12.2. The van der Waals surface area contributed by atoms with Gasteiger partial charge in [-0.3, -0.25) is 5.32 Å². The Hall–Kier alpha value is -3.79. The van der Waals surface area contributed by atoms with Crippen LogP contribution in [0.3, 0.4) is 0 Å². The summed E-state index contributed by atoms with van der Waals surface area (Å²) in [5.41, 5.74) is 8.54. The molecule has 44 heavy (non-hydrogen) atoms. The molecule has 2 amide bonds. The number of piperidine rings is 1. The second kappa shape index (κ2) is 12.3. The molecule has 1 aromatic heterocycles. The first-order valence-electron chi connectivity index (χ1n) is 15.6. The van der Waals surface area contributed by atoms with Crippen LogP contribution in [0.2, 0.25) is 5.02 Å². The fraction of sp³-hybridized carbons (Fsp3) is 0.412. The SMILES string of the molecule is CCc1cccc(CC)c1NC(=O)[N+]1(C)N=CC2=C1c1nc(Nc3ccc(N4CCC(N(C)C)CC4)cc3Cl)ncc1CC2. The number of benzene rings is 2. The lowest BCUT2D eigenvalue weighted by Crippen LogP contribution is -2.45. The molecule has 0 saturated carbocycles. The van der Waals surface area contributed by atoms with Gasteiger partial charge in [0.15, 0.2) is 5.70 Å². The highest BCUT2D eigenvalue weighted by Crippen LogP contribution is 2.41. The zero-order valence-corrected chi connectivity index (χ0v) is 27.1. The first-order chi connectivity index (χ1) is 21.2. The van der Waals surface area contributed by atoms with Gasteiger partial charge in [-0.15, -0.1) is 0 Å². The maximum absolute atomic E-state index is 14.0. The molecule has 1 unspecified atom stereocenters. The number of hydrogen-bond acceptors (Lipinski definition) is 7. The van der Waals surface area contributed by atoms with E-state index in [1.165, 1.54) is 0 Å². The Bertz CT molecular complexity index is 1620. The standard InChI is InChI=1S/C34H41ClN8O/c1-6-22-9-8-10-23(7-2)30(22)40-34(44)43(5)32-25(21-37-43)12-11-24-20-36-33(39-31(24)32)38-29-14-13-27(19-28(29)35)42-17-15-26(16-18-42)41(3)4/h8-10,13-14,19-21,26H,6-7,11-12,15-18H2,1-5H3,(H-,36,38,39,40,44)/p+1. The Morgan fingerprint density at radius 2 is 1.82 bits per heavy atom. The van der Waals surface area contributed by atoms with Crippen molar-refractivity contribution < 1.29 is 9.39 Å². The topological polar surface area (TPSA) is 85.7 Å². The largest absolute Gasteiger partial charge is 0.452 e. The molecule has 1 saturated heterocycles.